The maximum atomic E-state index is 4.72. The van der Waals surface area contributed by atoms with Gasteiger partial charge in [-0.05, 0) is 35.8 Å². The largest absolute Gasteiger partial charge is 0.302 e. The molecule has 0 N–H and O–H groups in total. The van der Waals surface area contributed by atoms with Gasteiger partial charge < -0.3 is 4.90 Å². The summed E-state index contributed by atoms with van der Waals surface area (Å²) in [5, 5.41) is 4.72. The van der Waals surface area contributed by atoms with Crippen molar-refractivity contribution in [1.29, 1.82) is 0 Å². The third-order valence-corrected chi connectivity index (χ3v) is 4.54. The molecule has 0 saturated heterocycles. The van der Waals surface area contributed by atoms with Gasteiger partial charge in [-0.15, -0.1) is 0 Å². The zero-order valence-corrected chi connectivity index (χ0v) is 11.3. The lowest BCUT2D eigenvalue weighted by molar-refractivity contribution is 0.303. The molecule has 1 fully saturated rings. The van der Waals surface area contributed by atoms with Gasteiger partial charge in [0.1, 0.15) is 4.60 Å². The van der Waals surface area contributed by atoms with Crippen molar-refractivity contribution >= 4 is 15.9 Å². The minimum absolute atomic E-state index is 0.670. The highest BCUT2D eigenvalue weighted by atomic mass is 79.9. The number of aromatic nitrogens is 2. The summed E-state index contributed by atoms with van der Waals surface area (Å²) in [5.41, 5.74) is 2.90. The Bertz CT molecular complexity index is 393. The lowest BCUT2D eigenvalue weighted by atomic mass is 10.1. The fraction of sp³-hybridized carbons (Fsp3) is 0.750. The zero-order valence-electron chi connectivity index (χ0n) is 9.75. The summed E-state index contributed by atoms with van der Waals surface area (Å²) in [5.74, 6) is 0. The Labute approximate surface area is 105 Å². The smallest absolute Gasteiger partial charge is 0.132 e. The summed E-state index contributed by atoms with van der Waals surface area (Å²) in [4.78, 5) is 2.37. The number of fused-ring (bicyclic) bond motifs is 1. The molecular weight excluding hydrogens is 266 g/mol. The van der Waals surface area contributed by atoms with Crippen molar-refractivity contribution in [3.8, 4) is 0 Å². The molecule has 4 heteroatoms. The Morgan fingerprint density at radius 2 is 2.06 bits per heavy atom. The molecule has 1 aromatic rings. The van der Waals surface area contributed by atoms with E-state index in [0.29, 0.717) is 6.04 Å². The van der Waals surface area contributed by atoms with Gasteiger partial charge in [-0.2, -0.15) is 5.10 Å². The molecule has 1 aliphatic carbocycles. The molecule has 3 rings (SSSR count). The summed E-state index contributed by atoms with van der Waals surface area (Å²) < 4.78 is 3.39. The van der Waals surface area contributed by atoms with E-state index in [1.165, 1.54) is 36.9 Å². The fourth-order valence-corrected chi connectivity index (χ4v) is 3.52. The van der Waals surface area contributed by atoms with E-state index < -0.39 is 0 Å². The van der Waals surface area contributed by atoms with E-state index in [0.717, 1.165) is 24.1 Å². The summed E-state index contributed by atoms with van der Waals surface area (Å²) in [6.07, 6.45) is 6.53. The standard InChI is InChI=1S/C12H18BrN3/c1-15-7-6-11-10(8-15)12(13)14-16(11)9-4-2-3-5-9/h9H,2-8H2,1H3. The number of halogens is 1. The van der Waals surface area contributed by atoms with Crippen LogP contribution in [0.1, 0.15) is 43.0 Å². The second-order valence-corrected chi connectivity index (χ2v) is 5.84. The van der Waals surface area contributed by atoms with Crippen LogP contribution in [0, 0.1) is 0 Å². The SMILES string of the molecule is CN1CCc2c(c(Br)nn2C2CCCC2)C1. The van der Waals surface area contributed by atoms with Crippen molar-refractivity contribution in [2.75, 3.05) is 13.6 Å². The summed E-state index contributed by atoms with van der Waals surface area (Å²) in [6, 6.07) is 0.670. The molecule has 0 unspecified atom stereocenters. The van der Waals surface area contributed by atoms with Gasteiger partial charge in [0.2, 0.25) is 0 Å². The first-order valence-electron chi connectivity index (χ1n) is 6.20. The monoisotopic (exact) mass is 283 g/mol. The second kappa shape index (κ2) is 4.15. The lowest BCUT2D eigenvalue weighted by Crippen LogP contribution is -2.28. The van der Waals surface area contributed by atoms with E-state index in [2.05, 4.69) is 32.6 Å². The van der Waals surface area contributed by atoms with Crippen LogP contribution in [-0.2, 0) is 13.0 Å². The van der Waals surface area contributed by atoms with E-state index in [4.69, 9.17) is 5.10 Å². The molecule has 0 spiro atoms. The van der Waals surface area contributed by atoms with Crippen molar-refractivity contribution in [2.45, 2.75) is 44.7 Å². The Balaban J connectivity index is 1.97. The lowest BCUT2D eigenvalue weighted by Gasteiger charge is -2.24. The predicted molar refractivity (Wildman–Crippen MR) is 67.5 cm³/mol. The molecule has 0 radical (unpaired) electrons. The van der Waals surface area contributed by atoms with E-state index in [-0.39, 0.29) is 0 Å². The van der Waals surface area contributed by atoms with Crippen molar-refractivity contribution < 1.29 is 0 Å². The second-order valence-electron chi connectivity index (χ2n) is 5.09. The topological polar surface area (TPSA) is 21.1 Å². The number of nitrogens with zero attached hydrogens (tertiary/aromatic N) is 3. The first-order chi connectivity index (χ1) is 7.75. The van der Waals surface area contributed by atoms with Gasteiger partial charge in [0.05, 0.1) is 6.04 Å². The van der Waals surface area contributed by atoms with Crippen molar-refractivity contribution in [3.05, 3.63) is 15.9 Å². The highest BCUT2D eigenvalue weighted by molar-refractivity contribution is 9.10. The highest BCUT2D eigenvalue weighted by Crippen LogP contribution is 2.34. The number of rotatable bonds is 1. The minimum Gasteiger partial charge on any atom is -0.302 e. The minimum atomic E-state index is 0.670. The Morgan fingerprint density at radius 1 is 1.31 bits per heavy atom. The molecule has 0 atom stereocenters. The quantitative estimate of drug-likeness (QED) is 0.790. The van der Waals surface area contributed by atoms with Gasteiger partial charge in [0, 0.05) is 30.8 Å². The molecular formula is C12H18BrN3. The Kier molecular flexibility index (Phi) is 2.80. The van der Waals surface area contributed by atoms with Crippen LogP contribution >= 0.6 is 15.9 Å². The highest BCUT2D eigenvalue weighted by Gasteiger charge is 2.27. The van der Waals surface area contributed by atoms with E-state index in [1.54, 1.807) is 0 Å². The number of hydrogen-bond donors (Lipinski definition) is 0. The van der Waals surface area contributed by atoms with Gasteiger partial charge in [0.15, 0.2) is 0 Å². The predicted octanol–water partition coefficient (Wildman–Crippen LogP) is 2.75. The van der Waals surface area contributed by atoms with Crippen molar-refractivity contribution in [2.24, 2.45) is 0 Å². The number of hydrogen-bond acceptors (Lipinski definition) is 2. The van der Waals surface area contributed by atoms with Crippen LogP contribution < -0.4 is 0 Å². The molecule has 1 aliphatic heterocycles. The Hall–Kier alpha value is -0.350. The Morgan fingerprint density at radius 3 is 2.81 bits per heavy atom. The fourth-order valence-electron chi connectivity index (χ4n) is 2.99. The van der Waals surface area contributed by atoms with Gasteiger partial charge >= 0.3 is 0 Å². The van der Waals surface area contributed by atoms with Crippen LogP contribution in [0.4, 0.5) is 0 Å². The molecule has 0 bridgehead atoms. The molecule has 2 heterocycles. The van der Waals surface area contributed by atoms with Crippen LogP contribution in [0.5, 0.6) is 0 Å². The van der Waals surface area contributed by atoms with Crippen LogP contribution in [0.25, 0.3) is 0 Å². The third-order valence-electron chi connectivity index (χ3n) is 3.90. The molecule has 16 heavy (non-hydrogen) atoms. The maximum absolute atomic E-state index is 4.72. The third kappa shape index (κ3) is 1.72. The van der Waals surface area contributed by atoms with Crippen LogP contribution in [0.15, 0.2) is 4.60 Å². The normalized spacial score (nSPS) is 22.6. The first kappa shape index (κ1) is 10.8. The maximum Gasteiger partial charge on any atom is 0.132 e. The summed E-state index contributed by atoms with van der Waals surface area (Å²) >= 11 is 3.62. The molecule has 88 valence electrons. The van der Waals surface area contributed by atoms with Crippen LogP contribution in [-0.4, -0.2) is 28.3 Å². The van der Waals surface area contributed by atoms with Gasteiger partial charge in [-0.25, -0.2) is 0 Å². The van der Waals surface area contributed by atoms with Crippen LogP contribution in [0.2, 0.25) is 0 Å². The number of likely N-dealkylation sites (N-methyl/N-ethyl adjacent to an activating group) is 1. The molecule has 0 amide bonds. The van der Waals surface area contributed by atoms with E-state index >= 15 is 0 Å². The average molecular weight is 284 g/mol. The molecule has 1 saturated carbocycles. The summed E-state index contributed by atoms with van der Waals surface area (Å²) in [6.45, 7) is 2.21. The first-order valence-corrected chi connectivity index (χ1v) is 6.99. The van der Waals surface area contributed by atoms with Gasteiger partial charge in [-0.1, -0.05) is 12.8 Å². The van der Waals surface area contributed by atoms with Crippen molar-refractivity contribution in [1.82, 2.24) is 14.7 Å². The van der Waals surface area contributed by atoms with Gasteiger partial charge in [0.25, 0.3) is 0 Å². The molecule has 3 nitrogen and oxygen atoms in total. The average Bonchev–Trinajstić information content (AvgIpc) is 2.87. The molecule has 1 aromatic heterocycles. The van der Waals surface area contributed by atoms with Crippen molar-refractivity contribution in [3.63, 3.8) is 0 Å². The molecule has 2 aliphatic rings. The van der Waals surface area contributed by atoms with E-state index in [1.807, 2.05) is 0 Å². The van der Waals surface area contributed by atoms with E-state index in [9.17, 15) is 0 Å². The molecule has 0 aromatic carbocycles. The van der Waals surface area contributed by atoms with Gasteiger partial charge in [-0.3, -0.25) is 4.68 Å². The van der Waals surface area contributed by atoms with Crippen LogP contribution in [0.3, 0.4) is 0 Å². The summed E-state index contributed by atoms with van der Waals surface area (Å²) in [7, 11) is 2.18. The zero-order chi connectivity index (χ0) is 11.1.